The molecule has 0 spiro atoms. The van der Waals surface area contributed by atoms with Gasteiger partial charge in [0, 0.05) is 11.8 Å². The molecule has 21 heavy (non-hydrogen) atoms. The van der Waals surface area contributed by atoms with Crippen LogP contribution in [0.15, 0.2) is 47.5 Å². The second kappa shape index (κ2) is 5.48. The molecule has 0 aliphatic rings. The Hall–Kier alpha value is -1.89. The standard InChI is InChI=1S/C14H12F3NO2S/c1-2-21(19,20)13-6-4-3-5-11(13)12-8-7-10(9-18-12)14(15,16)17/h3-9H,2H2,1H3. The predicted octanol–water partition coefficient (Wildman–Crippen LogP) is 3.56. The number of pyridine rings is 1. The lowest BCUT2D eigenvalue weighted by molar-refractivity contribution is -0.137. The van der Waals surface area contributed by atoms with E-state index < -0.39 is 21.6 Å². The summed E-state index contributed by atoms with van der Waals surface area (Å²) in [5.41, 5.74) is -0.384. The molecule has 0 aliphatic carbocycles. The molecule has 1 heterocycles. The summed E-state index contributed by atoms with van der Waals surface area (Å²) in [4.78, 5) is 3.81. The molecule has 2 rings (SSSR count). The molecule has 0 atom stereocenters. The normalized spacial score (nSPS) is 12.4. The third-order valence-corrected chi connectivity index (χ3v) is 4.76. The number of sulfone groups is 1. The van der Waals surface area contributed by atoms with Crippen LogP contribution in [0, 0.1) is 0 Å². The summed E-state index contributed by atoms with van der Waals surface area (Å²) in [5.74, 6) is -0.0926. The third kappa shape index (κ3) is 3.24. The van der Waals surface area contributed by atoms with Gasteiger partial charge in [-0.2, -0.15) is 13.2 Å². The minimum atomic E-state index is -4.47. The molecule has 0 amide bonds. The molecule has 0 radical (unpaired) electrons. The van der Waals surface area contributed by atoms with E-state index in [1.54, 1.807) is 12.1 Å². The van der Waals surface area contributed by atoms with Crippen molar-refractivity contribution in [2.45, 2.75) is 18.0 Å². The first-order valence-corrected chi connectivity index (χ1v) is 7.76. The number of nitrogens with zero attached hydrogens (tertiary/aromatic N) is 1. The zero-order chi connectivity index (χ0) is 15.7. The van der Waals surface area contributed by atoms with Crippen molar-refractivity contribution in [2.75, 3.05) is 5.75 Å². The van der Waals surface area contributed by atoms with E-state index in [1.165, 1.54) is 25.1 Å². The average molecular weight is 315 g/mol. The topological polar surface area (TPSA) is 47.0 Å². The van der Waals surface area contributed by atoms with Crippen LogP contribution in [0.4, 0.5) is 13.2 Å². The Balaban J connectivity index is 2.54. The highest BCUT2D eigenvalue weighted by Gasteiger charge is 2.30. The molecule has 0 N–H and O–H groups in total. The Morgan fingerprint density at radius 3 is 2.29 bits per heavy atom. The van der Waals surface area contributed by atoms with Gasteiger partial charge in [0.05, 0.1) is 21.9 Å². The Bertz CT molecular complexity index is 738. The van der Waals surface area contributed by atoms with Gasteiger partial charge in [0.15, 0.2) is 9.84 Å². The van der Waals surface area contributed by atoms with Gasteiger partial charge in [-0.25, -0.2) is 8.42 Å². The predicted molar refractivity (Wildman–Crippen MR) is 72.4 cm³/mol. The highest BCUT2D eigenvalue weighted by atomic mass is 32.2. The van der Waals surface area contributed by atoms with Gasteiger partial charge in [-0.05, 0) is 18.2 Å². The molecule has 0 saturated heterocycles. The van der Waals surface area contributed by atoms with Gasteiger partial charge >= 0.3 is 6.18 Å². The minimum Gasteiger partial charge on any atom is -0.256 e. The number of rotatable bonds is 3. The van der Waals surface area contributed by atoms with E-state index >= 15 is 0 Å². The zero-order valence-corrected chi connectivity index (χ0v) is 11.9. The maximum atomic E-state index is 12.5. The van der Waals surface area contributed by atoms with E-state index in [0.717, 1.165) is 6.07 Å². The lowest BCUT2D eigenvalue weighted by Crippen LogP contribution is -2.07. The van der Waals surface area contributed by atoms with Crippen molar-refractivity contribution in [1.82, 2.24) is 4.98 Å². The first kappa shape index (κ1) is 15.5. The largest absolute Gasteiger partial charge is 0.417 e. The van der Waals surface area contributed by atoms with Crippen LogP contribution in [0.1, 0.15) is 12.5 Å². The number of hydrogen-bond donors (Lipinski definition) is 0. The number of hydrogen-bond acceptors (Lipinski definition) is 3. The molecule has 0 unspecified atom stereocenters. The van der Waals surface area contributed by atoms with Gasteiger partial charge in [0.2, 0.25) is 0 Å². The molecule has 1 aromatic carbocycles. The zero-order valence-electron chi connectivity index (χ0n) is 11.1. The smallest absolute Gasteiger partial charge is 0.256 e. The van der Waals surface area contributed by atoms with E-state index in [2.05, 4.69) is 4.98 Å². The number of aromatic nitrogens is 1. The van der Waals surface area contributed by atoms with Crippen LogP contribution < -0.4 is 0 Å². The molecule has 0 fully saturated rings. The van der Waals surface area contributed by atoms with Crippen LogP contribution in [0.25, 0.3) is 11.3 Å². The molecule has 0 saturated carbocycles. The van der Waals surface area contributed by atoms with Gasteiger partial charge in [-0.1, -0.05) is 25.1 Å². The number of alkyl halides is 3. The monoisotopic (exact) mass is 315 g/mol. The lowest BCUT2D eigenvalue weighted by Gasteiger charge is -2.10. The summed E-state index contributed by atoms with van der Waals surface area (Å²) >= 11 is 0. The Labute approximate surface area is 120 Å². The fraction of sp³-hybridized carbons (Fsp3) is 0.214. The first-order chi connectivity index (χ1) is 9.75. The molecule has 112 valence electrons. The van der Waals surface area contributed by atoms with Crippen LogP contribution in [-0.4, -0.2) is 19.2 Å². The van der Waals surface area contributed by atoms with Crippen molar-refractivity contribution in [1.29, 1.82) is 0 Å². The van der Waals surface area contributed by atoms with E-state index in [1.807, 2.05) is 0 Å². The summed E-state index contributed by atoms with van der Waals surface area (Å²) in [5, 5.41) is 0. The van der Waals surface area contributed by atoms with Crippen molar-refractivity contribution in [2.24, 2.45) is 0 Å². The Morgan fingerprint density at radius 1 is 1.10 bits per heavy atom. The van der Waals surface area contributed by atoms with Crippen LogP contribution in [0.5, 0.6) is 0 Å². The van der Waals surface area contributed by atoms with E-state index in [-0.39, 0.29) is 16.3 Å². The Kier molecular flexibility index (Phi) is 4.04. The lowest BCUT2D eigenvalue weighted by atomic mass is 10.1. The second-order valence-corrected chi connectivity index (χ2v) is 6.58. The molecule has 2 aromatic rings. The van der Waals surface area contributed by atoms with Crippen LogP contribution in [0.2, 0.25) is 0 Å². The molecule has 7 heteroatoms. The molecule has 0 aliphatic heterocycles. The molecule has 0 bridgehead atoms. The van der Waals surface area contributed by atoms with Crippen molar-refractivity contribution in [3.63, 3.8) is 0 Å². The molecule has 3 nitrogen and oxygen atoms in total. The number of benzene rings is 1. The minimum absolute atomic E-state index is 0.0692. The van der Waals surface area contributed by atoms with Crippen molar-refractivity contribution >= 4 is 9.84 Å². The average Bonchev–Trinajstić information content (AvgIpc) is 2.46. The van der Waals surface area contributed by atoms with Crippen LogP contribution in [-0.2, 0) is 16.0 Å². The van der Waals surface area contributed by atoms with Gasteiger partial charge in [-0.15, -0.1) is 0 Å². The molecular formula is C14H12F3NO2S. The third-order valence-electron chi connectivity index (χ3n) is 2.97. The summed E-state index contributed by atoms with van der Waals surface area (Å²) in [6.07, 6.45) is -3.77. The highest BCUT2D eigenvalue weighted by Crippen LogP contribution is 2.31. The van der Waals surface area contributed by atoms with Gasteiger partial charge < -0.3 is 0 Å². The van der Waals surface area contributed by atoms with Crippen LogP contribution >= 0.6 is 0 Å². The number of halogens is 3. The molecule has 1 aromatic heterocycles. The van der Waals surface area contributed by atoms with Crippen molar-refractivity contribution < 1.29 is 21.6 Å². The maximum Gasteiger partial charge on any atom is 0.417 e. The first-order valence-electron chi connectivity index (χ1n) is 6.11. The van der Waals surface area contributed by atoms with Crippen LogP contribution in [0.3, 0.4) is 0 Å². The second-order valence-electron chi connectivity index (χ2n) is 4.33. The maximum absolute atomic E-state index is 12.5. The van der Waals surface area contributed by atoms with E-state index in [0.29, 0.717) is 11.8 Å². The summed E-state index contributed by atoms with van der Waals surface area (Å²) in [6, 6.07) is 8.19. The SMILES string of the molecule is CCS(=O)(=O)c1ccccc1-c1ccc(C(F)(F)F)cn1. The van der Waals surface area contributed by atoms with E-state index in [9.17, 15) is 21.6 Å². The van der Waals surface area contributed by atoms with E-state index in [4.69, 9.17) is 0 Å². The van der Waals surface area contributed by atoms with Gasteiger partial charge in [-0.3, -0.25) is 4.98 Å². The fourth-order valence-corrected chi connectivity index (χ4v) is 2.93. The Morgan fingerprint density at radius 2 is 1.76 bits per heavy atom. The fourth-order valence-electron chi connectivity index (χ4n) is 1.83. The summed E-state index contributed by atoms with van der Waals surface area (Å²) < 4.78 is 61.6. The van der Waals surface area contributed by atoms with Gasteiger partial charge in [0.25, 0.3) is 0 Å². The molecular weight excluding hydrogens is 303 g/mol. The summed E-state index contributed by atoms with van der Waals surface area (Å²) in [7, 11) is -3.48. The quantitative estimate of drug-likeness (QED) is 0.870. The van der Waals surface area contributed by atoms with Crippen molar-refractivity contribution in [3.8, 4) is 11.3 Å². The summed E-state index contributed by atoms with van der Waals surface area (Å²) in [6.45, 7) is 1.51. The highest BCUT2D eigenvalue weighted by molar-refractivity contribution is 7.91. The van der Waals surface area contributed by atoms with Crippen molar-refractivity contribution in [3.05, 3.63) is 48.2 Å². The van der Waals surface area contributed by atoms with Gasteiger partial charge in [0.1, 0.15) is 0 Å².